The summed E-state index contributed by atoms with van der Waals surface area (Å²) in [5.74, 6) is 0.177. The molecule has 1 aromatic heterocycles. The molecule has 0 unspecified atom stereocenters. The van der Waals surface area contributed by atoms with Gasteiger partial charge in [-0.25, -0.2) is 0 Å². The number of methoxy groups -OCH3 is 1. The number of Topliss-reactive ketones (excluding diaryl/α,β-unsaturated/α-hetero) is 1. The standard InChI is InChI=1S/C29H31ClN4O5/c1-17(36)27(21(16-35)29(32)10-5-3-4-6-11-29)34-23-8-7-18(13-22(23)30)39-25-9-12-33-24-15-26(38-2)20(28(31)37)14-19(24)25/h7-9,12-16,34H,3-6,10-11,32H2,1-2H3,(H2,31,37)/b27-21-. The van der Waals surface area contributed by atoms with Gasteiger partial charge in [-0.3, -0.25) is 19.4 Å². The number of aromatic nitrogens is 1. The lowest BCUT2D eigenvalue weighted by Crippen LogP contribution is -2.44. The Labute approximate surface area is 231 Å². The number of hydrogen-bond acceptors (Lipinski definition) is 8. The van der Waals surface area contributed by atoms with Crippen molar-refractivity contribution < 1.29 is 23.9 Å². The number of fused-ring (bicyclic) bond motifs is 1. The molecule has 1 fully saturated rings. The second kappa shape index (κ2) is 11.8. The van der Waals surface area contributed by atoms with E-state index in [9.17, 15) is 14.4 Å². The molecule has 1 saturated carbocycles. The van der Waals surface area contributed by atoms with Crippen LogP contribution in [-0.2, 0) is 9.59 Å². The van der Waals surface area contributed by atoms with Crippen LogP contribution in [0.15, 0.2) is 53.9 Å². The molecule has 2 aromatic carbocycles. The second-order valence-electron chi connectivity index (χ2n) is 9.64. The summed E-state index contributed by atoms with van der Waals surface area (Å²) >= 11 is 6.58. The third-order valence-electron chi connectivity index (χ3n) is 6.99. The highest BCUT2D eigenvalue weighted by Gasteiger charge is 2.34. The number of hydrogen-bond donors (Lipinski definition) is 3. The first-order chi connectivity index (χ1) is 18.7. The fraction of sp³-hybridized carbons (Fsp3) is 0.310. The Morgan fingerprint density at radius 2 is 1.79 bits per heavy atom. The zero-order valence-electron chi connectivity index (χ0n) is 21.9. The number of benzene rings is 2. The summed E-state index contributed by atoms with van der Waals surface area (Å²) in [7, 11) is 1.44. The van der Waals surface area contributed by atoms with E-state index < -0.39 is 11.4 Å². The van der Waals surface area contributed by atoms with Crippen molar-refractivity contribution in [1.82, 2.24) is 4.98 Å². The van der Waals surface area contributed by atoms with Gasteiger partial charge >= 0.3 is 0 Å². The second-order valence-corrected chi connectivity index (χ2v) is 10.1. The van der Waals surface area contributed by atoms with Crippen LogP contribution >= 0.6 is 11.6 Å². The largest absolute Gasteiger partial charge is 0.496 e. The molecule has 39 heavy (non-hydrogen) atoms. The van der Waals surface area contributed by atoms with Crippen LogP contribution in [0.3, 0.4) is 0 Å². The van der Waals surface area contributed by atoms with Crippen molar-refractivity contribution in [1.29, 1.82) is 0 Å². The van der Waals surface area contributed by atoms with Gasteiger partial charge in [0.2, 0.25) is 0 Å². The van der Waals surface area contributed by atoms with Crippen LogP contribution in [0.25, 0.3) is 10.9 Å². The highest BCUT2D eigenvalue weighted by atomic mass is 35.5. The highest BCUT2D eigenvalue weighted by molar-refractivity contribution is 6.33. The van der Waals surface area contributed by atoms with Crippen LogP contribution in [0.5, 0.6) is 17.2 Å². The zero-order chi connectivity index (χ0) is 28.2. The molecule has 204 valence electrons. The monoisotopic (exact) mass is 550 g/mol. The van der Waals surface area contributed by atoms with Crippen molar-refractivity contribution in [3.05, 3.63) is 64.5 Å². The van der Waals surface area contributed by atoms with Gasteiger partial charge in [0.05, 0.1) is 34.6 Å². The van der Waals surface area contributed by atoms with Gasteiger partial charge in [0.25, 0.3) is 5.91 Å². The fourth-order valence-corrected chi connectivity index (χ4v) is 5.14. The molecule has 0 spiro atoms. The molecule has 0 radical (unpaired) electrons. The molecule has 1 aliphatic carbocycles. The van der Waals surface area contributed by atoms with E-state index in [1.807, 2.05) is 0 Å². The topological polar surface area (TPSA) is 147 Å². The van der Waals surface area contributed by atoms with Crippen molar-refractivity contribution in [2.75, 3.05) is 12.4 Å². The number of pyridine rings is 1. The van der Waals surface area contributed by atoms with Crippen molar-refractivity contribution in [2.45, 2.75) is 51.0 Å². The number of allylic oxidation sites excluding steroid dienone is 1. The number of anilines is 1. The number of carbonyl (C=O) groups is 3. The third kappa shape index (κ3) is 6.05. The molecule has 1 aliphatic rings. The third-order valence-corrected chi connectivity index (χ3v) is 7.30. The minimum Gasteiger partial charge on any atom is -0.496 e. The van der Waals surface area contributed by atoms with Crippen molar-refractivity contribution in [2.24, 2.45) is 11.5 Å². The van der Waals surface area contributed by atoms with Crippen LogP contribution < -0.4 is 26.3 Å². The fourth-order valence-electron chi connectivity index (χ4n) is 4.92. The molecule has 4 rings (SSSR count). The molecule has 9 nitrogen and oxygen atoms in total. The Morgan fingerprint density at radius 3 is 2.38 bits per heavy atom. The maximum Gasteiger partial charge on any atom is 0.252 e. The van der Waals surface area contributed by atoms with Crippen LogP contribution in [-0.4, -0.2) is 35.6 Å². The van der Waals surface area contributed by atoms with E-state index in [1.54, 1.807) is 42.6 Å². The molecule has 0 saturated heterocycles. The Bertz CT molecular complexity index is 1460. The first-order valence-electron chi connectivity index (χ1n) is 12.7. The molecule has 1 amide bonds. The summed E-state index contributed by atoms with van der Waals surface area (Å²) in [6.07, 6.45) is 7.39. The van der Waals surface area contributed by atoms with Crippen molar-refractivity contribution in [3.63, 3.8) is 0 Å². The summed E-state index contributed by atoms with van der Waals surface area (Å²) < 4.78 is 11.3. The summed E-state index contributed by atoms with van der Waals surface area (Å²) in [4.78, 5) is 41.1. The number of aldehydes is 1. The molecule has 10 heteroatoms. The zero-order valence-corrected chi connectivity index (χ0v) is 22.6. The van der Waals surface area contributed by atoms with E-state index >= 15 is 0 Å². The van der Waals surface area contributed by atoms with E-state index in [4.69, 9.17) is 32.5 Å². The van der Waals surface area contributed by atoms with E-state index in [1.165, 1.54) is 14.0 Å². The van der Waals surface area contributed by atoms with Gasteiger partial charge in [-0.05, 0) is 37.1 Å². The lowest BCUT2D eigenvalue weighted by Gasteiger charge is -2.30. The molecule has 0 atom stereocenters. The predicted octanol–water partition coefficient (Wildman–Crippen LogP) is 5.29. The Kier molecular flexibility index (Phi) is 8.52. The first kappa shape index (κ1) is 28.1. The number of rotatable bonds is 9. The number of primary amides is 1. The van der Waals surface area contributed by atoms with Crippen LogP contribution in [0.1, 0.15) is 55.8 Å². The summed E-state index contributed by atoms with van der Waals surface area (Å²) in [5.41, 5.74) is 12.9. The maximum atomic E-state index is 12.6. The average Bonchev–Trinajstić information content (AvgIpc) is 3.13. The minimum atomic E-state index is -0.878. The summed E-state index contributed by atoms with van der Waals surface area (Å²) in [6.45, 7) is 1.39. The number of nitrogens with two attached hydrogens (primary N) is 2. The van der Waals surface area contributed by atoms with Gasteiger partial charge in [-0.2, -0.15) is 0 Å². The number of ketones is 1. The number of amides is 1. The SMILES string of the molecule is COc1cc2nccc(Oc3ccc(N/C(C(C)=O)=C(/C=O)C4(N)CCCCCC4)c(Cl)c3)c2cc1C(N)=O. The Morgan fingerprint density at radius 1 is 1.08 bits per heavy atom. The molecule has 0 aliphatic heterocycles. The van der Waals surface area contributed by atoms with Gasteiger partial charge in [0, 0.05) is 41.8 Å². The molecule has 5 N–H and O–H groups in total. The highest BCUT2D eigenvalue weighted by Crippen LogP contribution is 2.37. The van der Waals surface area contributed by atoms with Gasteiger partial charge in [-0.15, -0.1) is 0 Å². The smallest absolute Gasteiger partial charge is 0.252 e. The van der Waals surface area contributed by atoms with Crippen molar-refractivity contribution in [3.8, 4) is 17.2 Å². The number of ether oxygens (including phenoxy) is 2. The Balaban J connectivity index is 1.66. The van der Waals surface area contributed by atoms with Crippen molar-refractivity contribution >= 4 is 46.2 Å². The van der Waals surface area contributed by atoms with E-state index in [2.05, 4.69) is 10.3 Å². The van der Waals surface area contributed by atoms with Crippen LogP contribution in [0.4, 0.5) is 5.69 Å². The van der Waals surface area contributed by atoms with Gasteiger partial charge in [-0.1, -0.05) is 37.3 Å². The van der Waals surface area contributed by atoms with Gasteiger partial charge in [0.1, 0.15) is 23.5 Å². The number of nitrogens with zero attached hydrogens (tertiary/aromatic N) is 1. The van der Waals surface area contributed by atoms with E-state index in [-0.39, 0.29) is 27.6 Å². The van der Waals surface area contributed by atoms with Gasteiger partial charge in [0.15, 0.2) is 5.78 Å². The first-order valence-corrected chi connectivity index (χ1v) is 13.1. The van der Waals surface area contributed by atoms with E-state index in [0.717, 1.165) is 25.7 Å². The Hall–Kier alpha value is -3.95. The summed E-state index contributed by atoms with van der Waals surface area (Å²) in [6, 6.07) is 9.73. The van der Waals surface area contributed by atoms with Crippen LogP contribution in [0.2, 0.25) is 5.02 Å². The average molecular weight is 551 g/mol. The molecular weight excluding hydrogens is 520 g/mol. The van der Waals surface area contributed by atoms with E-state index in [0.29, 0.717) is 53.0 Å². The molecular formula is C29H31ClN4O5. The normalized spacial score (nSPS) is 15.6. The minimum absolute atomic E-state index is 0.137. The number of halogens is 1. The summed E-state index contributed by atoms with van der Waals surface area (Å²) in [5, 5.41) is 3.87. The molecule has 3 aromatic rings. The quantitative estimate of drug-likeness (QED) is 0.185. The lowest BCUT2D eigenvalue weighted by atomic mass is 9.82. The molecule has 0 bridgehead atoms. The van der Waals surface area contributed by atoms with Crippen LogP contribution in [0, 0.1) is 0 Å². The van der Waals surface area contributed by atoms with Gasteiger partial charge < -0.3 is 26.3 Å². The molecule has 1 heterocycles. The number of nitrogens with one attached hydrogen (secondary N) is 1. The predicted molar refractivity (Wildman–Crippen MR) is 150 cm³/mol. The lowest BCUT2D eigenvalue weighted by molar-refractivity contribution is -0.114. The maximum absolute atomic E-state index is 12.6. The number of carbonyl (C=O) groups excluding carboxylic acids is 3.